The van der Waals surface area contributed by atoms with Crippen molar-refractivity contribution in [2.24, 2.45) is 0 Å². The topological polar surface area (TPSA) is 49.8 Å². The molecule has 1 aliphatic rings. The van der Waals surface area contributed by atoms with E-state index >= 15 is 0 Å². The number of likely N-dealkylation sites (tertiary alicyclic amines) is 1. The van der Waals surface area contributed by atoms with E-state index in [1.54, 1.807) is 6.07 Å². The summed E-state index contributed by atoms with van der Waals surface area (Å²) < 4.78 is 5.85. The van der Waals surface area contributed by atoms with E-state index in [1.807, 2.05) is 63.4 Å². The van der Waals surface area contributed by atoms with Gasteiger partial charge in [0, 0.05) is 13.1 Å². The molecule has 23 heavy (non-hydrogen) atoms. The molecule has 4 heteroatoms. The summed E-state index contributed by atoms with van der Waals surface area (Å²) >= 11 is 0. The number of hydrogen-bond donors (Lipinski definition) is 1. The molecule has 0 bridgehead atoms. The molecule has 2 aromatic rings. The second kappa shape index (κ2) is 7.79. The average Bonchev–Trinajstić information content (AvgIpc) is 2.56. The van der Waals surface area contributed by atoms with Crippen LogP contribution in [0.25, 0.3) is 11.1 Å². The van der Waals surface area contributed by atoms with Gasteiger partial charge in [-0.3, -0.25) is 4.90 Å². The van der Waals surface area contributed by atoms with Crippen molar-refractivity contribution in [2.75, 3.05) is 20.1 Å². The monoisotopic (exact) mass is 313 g/mol. The van der Waals surface area contributed by atoms with Crippen LogP contribution in [-0.4, -0.2) is 42.2 Å². The maximum absolute atomic E-state index is 11.3. The van der Waals surface area contributed by atoms with E-state index in [9.17, 15) is 9.90 Å². The Balaban J connectivity index is 0.000000924. The molecule has 1 saturated heterocycles. The molecule has 0 aliphatic carbocycles. The average molecular weight is 313 g/mol. The largest absolute Gasteiger partial charge is 0.487 e. The molecule has 3 rings (SSSR count). The van der Waals surface area contributed by atoms with Gasteiger partial charge in [0.25, 0.3) is 0 Å². The van der Waals surface area contributed by atoms with Gasteiger partial charge in [0.15, 0.2) is 0 Å². The van der Waals surface area contributed by atoms with E-state index in [0.29, 0.717) is 5.75 Å². The summed E-state index contributed by atoms with van der Waals surface area (Å²) in [5, 5.41) is 9.29. The SMILES string of the molecule is CC.CN1CC(Oc2cc(-c3ccccc3)ccc2C(=O)O)C1. The van der Waals surface area contributed by atoms with Crippen molar-refractivity contribution in [3.8, 4) is 16.9 Å². The molecule has 0 saturated carbocycles. The third-order valence-electron chi connectivity index (χ3n) is 3.64. The first-order valence-electron chi connectivity index (χ1n) is 7.91. The number of carboxylic acid groups (broad SMARTS) is 1. The fraction of sp³-hybridized carbons (Fsp3) is 0.316. The van der Waals surface area contributed by atoms with Crippen LogP contribution < -0.4 is 4.74 Å². The molecule has 1 N–H and O–H groups in total. The highest BCUT2D eigenvalue weighted by Crippen LogP contribution is 2.29. The second-order valence-corrected chi connectivity index (χ2v) is 5.34. The quantitative estimate of drug-likeness (QED) is 0.933. The lowest BCUT2D eigenvalue weighted by molar-refractivity contribution is 0.0370. The van der Waals surface area contributed by atoms with Crippen molar-refractivity contribution >= 4 is 5.97 Å². The van der Waals surface area contributed by atoms with Crippen molar-refractivity contribution in [1.29, 1.82) is 0 Å². The molecule has 122 valence electrons. The maximum atomic E-state index is 11.3. The Bertz CT molecular complexity index is 649. The first-order valence-corrected chi connectivity index (χ1v) is 7.91. The number of nitrogens with zero attached hydrogens (tertiary/aromatic N) is 1. The minimum Gasteiger partial charge on any atom is -0.487 e. The van der Waals surface area contributed by atoms with Gasteiger partial charge in [0.05, 0.1) is 0 Å². The number of ether oxygens (including phenoxy) is 1. The van der Waals surface area contributed by atoms with Crippen molar-refractivity contribution in [2.45, 2.75) is 20.0 Å². The van der Waals surface area contributed by atoms with Gasteiger partial charge < -0.3 is 9.84 Å². The predicted molar refractivity (Wildman–Crippen MR) is 92.1 cm³/mol. The van der Waals surface area contributed by atoms with Crippen LogP contribution in [0.3, 0.4) is 0 Å². The van der Waals surface area contributed by atoms with Crippen molar-refractivity contribution in [1.82, 2.24) is 4.90 Å². The molecule has 0 unspecified atom stereocenters. The number of likely N-dealkylation sites (N-methyl/N-ethyl adjacent to an activating group) is 1. The van der Waals surface area contributed by atoms with Gasteiger partial charge in [0.1, 0.15) is 17.4 Å². The zero-order valence-corrected chi connectivity index (χ0v) is 13.8. The molecular weight excluding hydrogens is 290 g/mol. The standard InChI is InChI=1S/C17H17NO3.C2H6/c1-18-10-14(11-18)21-16-9-13(7-8-15(16)17(19)20)12-5-3-2-4-6-12;1-2/h2-9,14H,10-11H2,1H3,(H,19,20);1-2H3. The lowest BCUT2D eigenvalue weighted by atomic mass is 10.0. The number of carboxylic acids is 1. The molecule has 0 aromatic heterocycles. The van der Waals surface area contributed by atoms with E-state index in [0.717, 1.165) is 24.2 Å². The van der Waals surface area contributed by atoms with Gasteiger partial charge >= 0.3 is 5.97 Å². The molecule has 0 spiro atoms. The lowest BCUT2D eigenvalue weighted by Crippen LogP contribution is -2.51. The van der Waals surface area contributed by atoms with Crippen LogP contribution in [0.1, 0.15) is 24.2 Å². The Hall–Kier alpha value is -2.33. The van der Waals surface area contributed by atoms with E-state index in [-0.39, 0.29) is 11.7 Å². The highest BCUT2D eigenvalue weighted by molar-refractivity contribution is 5.92. The zero-order valence-electron chi connectivity index (χ0n) is 13.8. The normalized spacial score (nSPS) is 14.4. The van der Waals surface area contributed by atoms with Gasteiger partial charge in [-0.1, -0.05) is 50.2 Å². The molecule has 0 atom stereocenters. The highest BCUT2D eigenvalue weighted by Gasteiger charge is 2.26. The van der Waals surface area contributed by atoms with Crippen LogP contribution >= 0.6 is 0 Å². The summed E-state index contributed by atoms with van der Waals surface area (Å²) in [5.74, 6) is -0.515. The van der Waals surface area contributed by atoms with Crippen LogP contribution in [0, 0.1) is 0 Å². The van der Waals surface area contributed by atoms with E-state index in [2.05, 4.69) is 4.90 Å². The summed E-state index contributed by atoms with van der Waals surface area (Å²) in [6, 6.07) is 15.1. The van der Waals surface area contributed by atoms with E-state index in [4.69, 9.17) is 4.74 Å². The third kappa shape index (κ3) is 4.11. The van der Waals surface area contributed by atoms with Crippen LogP contribution in [0.15, 0.2) is 48.5 Å². The van der Waals surface area contributed by atoms with Gasteiger partial charge in [-0.25, -0.2) is 4.79 Å². The van der Waals surface area contributed by atoms with E-state index < -0.39 is 5.97 Å². The van der Waals surface area contributed by atoms with Gasteiger partial charge in [-0.15, -0.1) is 0 Å². The van der Waals surface area contributed by atoms with Crippen molar-refractivity contribution in [3.05, 3.63) is 54.1 Å². The Morgan fingerprint density at radius 1 is 1.09 bits per heavy atom. The Morgan fingerprint density at radius 3 is 2.30 bits per heavy atom. The molecule has 0 radical (unpaired) electrons. The zero-order chi connectivity index (χ0) is 16.8. The fourth-order valence-corrected chi connectivity index (χ4v) is 2.50. The number of hydrogen-bond acceptors (Lipinski definition) is 3. The molecule has 1 heterocycles. The number of benzene rings is 2. The van der Waals surface area contributed by atoms with Crippen molar-refractivity contribution in [3.63, 3.8) is 0 Å². The molecule has 1 fully saturated rings. The van der Waals surface area contributed by atoms with Crippen LogP contribution in [0.4, 0.5) is 0 Å². The van der Waals surface area contributed by atoms with Crippen LogP contribution in [0.2, 0.25) is 0 Å². The van der Waals surface area contributed by atoms with E-state index in [1.165, 1.54) is 0 Å². The number of carbonyl (C=O) groups is 1. The molecule has 0 amide bonds. The summed E-state index contributed by atoms with van der Waals surface area (Å²) in [6.07, 6.45) is 0.0686. The number of rotatable bonds is 4. The number of aromatic carboxylic acids is 1. The minimum atomic E-state index is -0.961. The lowest BCUT2D eigenvalue weighted by Gasteiger charge is -2.36. The second-order valence-electron chi connectivity index (χ2n) is 5.34. The van der Waals surface area contributed by atoms with Gasteiger partial charge in [-0.05, 0) is 30.3 Å². The molecule has 4 nitrogen and oxygen atoms in total. The molecule has 1 aliphatic heterocycles. The Labute approximate surface area is 137 Å². The third-order valence-corrected chi connectivity index (χ3v) is 3.64. The highest BCUT2D eigenvalue weighted by atomic mass is 16.5. The first kappa shape index (κ1) is 17.0. The minimum absolute atomic E-state index is 0.0686. The first-order chi connectivity index (χ1) is 11.1. The fourth-order valence-electron chi connectivity index (χ4n) is 2.50. The molecule has 2 aromatic carbocycles. The molecular formula is C19H23NO3. The van der Waals surface area contributed by atoms with Crippen LogP contribution in [0.5, 0.6) is 5.75 Å². The Kier molecular flexibility index (Phi) is 5.77. The summed E-state index contributed by atoms with van der Waals surface area (Å²) in [6.45, 7) is 5.66. The summed E-state index contributed by atoms with van der Waals surface area (Å²) in [5.41, 5.74) is 2.22. The predicted octanol–water partition coefficient (Wildman–Crippen LogP) is 3.77. The smallest absolute Gasteiger partial charge is 0.339 e. The van der Waals surface area contributed by atoms with Crippen LogP contribution in [-0.2, 0) is 0 Å². The van der Waals surface area contributed by atoms with Crippen molar-refractivity contribution < 1.29 is 14.6 Å². The maximum Gasteiger partial charge on any atom is 0.339 e. The summed E-state index contributed by atoms with van der Waals surface area (Å²) in [7, 11) is 2.01. The van der Waals surface area contributed by atoms with Gasteiger partial charge in [0.2, 0.25) is 0 Å². The Morgan fingerprint density at radius 2 is 1.74 bits per heavy atom. The summed E-state index contributed by atoms with van der Waals surface area (Å²) in [4.78, 5) is 13.5. The van der Waals surface area contributed by atoms with Gasteiger partial charge in [-0.2, -0.15) is 0 Å².